The summed E-state index contributed by atoms with van der Waals surface area (Å²) in [7, 11) is 1.90. The highest BCUT2D eigenvalue weighted by molar-refractivity contribution is 6.32. The van der Waals surface area contributed by atoms with Crippen molar-refractivity contribution in [1.82, 2.24) is 14.9 Å². The first-order valence-electron chi connectivity index (χ1n) is 6.25. The van der Waals surface area contributed by atoms with Crippen LogP contribution in [0.25, 0.3) is 0 Å². The summed E-state index contributed by atoms with van der Waals surface area (Å²) in [6.45, 7) is 4.04. The van der Waals surface area contributed by atoms with Gasteiger partial charge in [0.1, 0.15) is 18.2 Å². The number of rotatable bonds is 6. The predicted molar refractivity (Wildman–Crippen MR) is 76.7 cm³/mol. The van der Waals surface area contributed by atoms with Gasteiger partial charge in [-0.3, -0.25) is 0 Å². The van der Waals surface area contributed by atoms with Crippen molar-refractivity contribution < 1.29 is 4.74 Å². The van der Waals surface area contributed by atoms with Crippen LogP contribution >= 0.6 is 11.6 Å². The Hall–Kier alpha value is -1.52. The molecular formula is C14H18ClN3O. The Balaban J connectivity index is 2.01. The van der Waals surface area contributed by atoms with E-state index < -0.39 is 0 Å². The Bertz CT molecular complexity index is 539. The molecule has 102 valence electrons. The highest BCUT2D eigenvalue weighted by Gasteiger charge is 2.08. The van der Waals surface area contributed by atoms with Crippen LogP contribution in [0.1, 0.15) is 11.4 Å². The van der Waals surface area contributed by atoms with E-state index >= 15 is 0 Å². The molecule has 0 fully saturated rings. The number of nitrogens with one attached hydrogen (secondary N) is 1. The van der Waals surface area contributed by atoms with Crippen molar-refractivity contribution in [2.45, 2.75) is 20.0 Å². The molecule has 0 atom stereocenters. The number of hydrogen-bond acceptors (Lipinski definition) is 3. The molecule has 0 radical (unpaired) electrons. The van der Waals surface area contributed by atoms with Gasteiger partial charge < -0.3 is 14.6 Å². The third kappa shape index (κ3) is 3.49. The Morgan fingerprint density at radius 2 is 2.26 bits per heavy atom. The van der Waals surface area contributed by atoms with Crippen molar-refractivity contribution in [3.63, 3.8) is 0 Å². The van der Waals surface area contributed by atoms with Gasteiger partial charge in [-0.2, -0.15) is 0 Å². The van der Waals surface area contributed by atoms with Crippen LogP contribution in [0.2, 0.25) is 5.02 Å². The predicted octanol–water partition coefficient (Wildman–Crippen LogP) is 2.64. The average molecular weight is 280 g/mol. The quantitative estimate of drug-likeness (QED) is 0.884. The average Bonchev–Trinajstić information content (AvgIpc) is 2.79. The van der Waals surface area contributed by atoms with Gasteiger partial charge in [0.25, 0.3) is 0 Å². The van der Waals surface area contributed by atoms with E-state index in [1.165, 1.54) is 0 Å². The summed E-state index contributed by atoms with van der Waals surface area (Å²) >= 11 is 6.19. The Kier molecular flexibility index (Phi) is 4.82. The lowest BCUT2D eigenvalue weighted by atomic mass is 10.2. The molecule has 0 bridgehead atoms. The number of benzene rings is 1. The topological polar surface area (TPSA) is 39.1 Å². The minimum Gasteiger partial charge on any atom is -0.490 e. The molecule has 19 heavy (non-hydrogen) atoms. The minimum absolute atomic E-state index is 0.567. The first-order chi connectivity index (χ1) is 9.22. The number of aryl methyl sites for hydroxylation is 1. The molecule has 0 aliphatic heterocycles. The zero-order chi connectivity index (χ0) is 13.7. The molecule has 0 unspecified atom stereocenters. The minimum atomic E-state index is 0.567. The maximum atomic E-state index is 6.19. The highest BCUT2D eigenvalue weighted by atomic mass is 35.5. The zero-order valence-electron chi connectivity index (χ0n) is 11.2. The molecule has 2 aromatic rings. The fourth-order valence-corrected chi connectivity index (χ4v) is 2.18. The summed E-state index contributed by atoms with van der Waals surface area (Å²) in [4.78, 5) is 4.18. The molecule has 4 nitrogen and oxygen atoms in total. The fourth-order valence-electron chi connectivity index (χ4n) is 1.93. The monoisotopic (exact) mass is 279 g/mol. The van der Waals surface area contributed by atoms with Gasteiger partial charge in [0.05, 0.1) is 11.6 Å². The van der Waals surface area contributed by atoms with Gasteiger partial charge in [-0.1, -0.05) is 23.7 Å². The van der Waals surface area contributed by atoms with E-state index in [2.05, 4.69) is 14.9 Å². The van der Waals surface area contributed by atoms with Crippen LogP contribution in [-0.2, 0) is 13.1 Å². The first-order valence-corrected chi connectivity index (χ1v) is 6.62. The molecular weight excluding hydrogens is 262 g/mol. The Morgan fingerprint density at radius 3 is 2.95 bits per heavy atom. The van der Waals surface area contributed by atoms with Gasteiger partial charge in [0.15, 0.2) is 0 Å². The van der Waals surface area contributed by atoms with Crippen LogP contribution in [-0.4, -0.2) is 23.2 Å². The largest absolute Gasteiger partial charge is 0.490 e. The van der Waals surface area contributed by atoms with E-state index in [0.29, 0.717) is 11.6 Å². The van der Waals surface area contributed by atoms with Crippen LogP contribution in [0, 0.1) is 6.92 Å². The van der Waals surface area contributed by atoms with Gasteiger partial charge >= 0.3 is 0 Å². The van der Waals surface area contributed by atoms with Gasteiger partial charge in [-0.15, -0.1) is 0 Å². The lowest BCUT2D eigenvalue weighted by molar-refractivity contribution is 0.294. The fraction of sp³-hybridized carbons (Fsp3) is 0.357. The maximum Gasteiger partial charge on any atom is 0.142 e. The summed E-state index contributed by atoms with van der Waals surface area (Å²) in [6, 6.07) is 5.79. The number of para-hydroxylation sites is 1. The second kappa shape index (κ2) is 6.59. The van der Waals surface area contributed by atoms with Gasteiger partial charge in [0, 0.05) is 24.5 Å². The van der Waals surface area contributed by atoms with E-state index in [0.717, 1.165) is 30.2 Å². The summed E-state index contributed by atoms with van der Waals surface area (Å²) < 4.78 is 7.88. The molecule has 0 aliphatic rings. The van der Waals surface area contributed by atoms with Crippen LogP contribution < -0.4 is 10.1 Å². The summed E-state index contributed by atoms with van der Waals surface area (Å²) in [6.07, 6.45) is 3.73. The van der Waals surface area contributed by atoms with Gasteiger partial charge in [-0.25, -0.2) is 4.98 Å². The van der Waals surface area contributed by atoms with E-state index in [1.54, 1.807) is 6.20 Å². The molecule has 1 heterocycles. The standard InChI is InChI=1S/C14H18ClN3O/c1-11-17-6-7-18(11)8-9-19-14-12(10-16-2)4-3-5-13(14)15/h3-7,16H,8-10H2,1-2H3. The van der Waals surface area contributed by atoms with E-state index in [9.17, 15) is 0 Å². The Labute approximate surface area is 118 Å². The molecule has 1 N–H and O–H groups in total. The van der Waals surface area contributed by atoms with Crippen LogP contribution in [0.5, 0.6) is 5.75 Å². The summed E-state index contributed by atoms with van der Waals surface area (Å²) in [5.74, 6) is 1.74. The molecule has 5 heteroatoms. The lowest BCUT2D eigenvalue weighted by Crippen LogP contribution is -2.12. The third-order valence-electron chi connectivity index (χ3n) is 2.92. The zero-order valence-corrected chi connectivity index (χ0v) is 11.9. The summed E-state index contributed by atoms with van der Waals surface area (Å²) in [5.41, 5.74) is 1.07. The smallest absolute Gasteiger partial charge is 0.142 e. The van der Waals surface area contributed by atoms with Crippen molar-refractivity contribution in [3.05, 3.63) is 47.0 Å². The first kappa shape index (κ1) is 13.9. The van der Waals surface area contributed by atoms with E-state index in [1.807, 2.05) is 38.4 Å². The van der Waals surface area contributed by atoms with Crippen molar-refractivity contribution in [2.24, 2.45) is 0 Å². The SMILES string of the molecule is CNCc1cccc(Cl)c1OCCn1ccnc1C. The normalized spacial score (nSPS) is 10.7. The van der Waals surface area contributed by atoms with Crippen LogP contribution in [0.4, 0.5) is 0 Å². The Morgan fingerprint density at radius 1 is 1.42 bits per heavy atom. The highest BCUT2D eigenvalue weighted by Crippen LogP contribution is 2.28. The second-order valence-electron chi connectivity index (χ2n) is 4.27. The number of ether oxygens (including phenoxy) is 1. The maximum absolute atomic E-state index is 6.19. The number of hydrogen-bond donors (Lipinski definition) is 1. The number of halogens is 1. The van der Waals surface area contributed by atoms with Gasteiger partial charge in [0.2, 0.25) is 0 Å². The molecule has 0 saturated heterocycles. The van der Waals surface area contributed by atoms with E-state index in [4.69, 9.17) is 16.3 Å². The molecule has 1 aromatic heterocycles. The molecule has 0 aliphatic carbocycles. The molecule has 0 amide bonds. The van der Waals surface area contributed by atoms with Crippen LogP contribution in [0.15, 0.2) is 30.6 Å². The third-order valence-corrected chi connectivity index (χ3v) is 3.22. The van der Waals surface area contributed by atoms with Crippen molar-refractivity contribution in [1.29, 1.82) is 0 Å². The molecule has 0 saturated carbocycles. The number of imidazole rings is 1. The second-order valence-corrected chi connectivity index (χ2v) is 4.68. The van der Waals surface area contributed by atoms with Crippen molar-refractivity contribution in [2.75, 3.05) is 13.7 Å². The number of nitrogens with zero attached hydrogens (tertiary/aromatic N) is 2. The summed E-state index contributed by atoms with van der Waals surface area (Å²) in [5, 5.41) is 3.76. The van der Waals surface area contributed by atoms with Crippen LogP contribution in [0.3, 0.4) is 0 Å². The molecule has 2 rings (SSSR count). The van der Waals surface area contributed by atoms with E-state index in [-0.39, 0.29) is 0 Å². The van der Waals surface area contributed by atoms with Crippen molar-refractivity contribution >= 4 is 11.6 Å². The molecule has 1 aromatic carbocycles. The van der Waals surface area contributed by atoms with Gasteiger partial charge in [-0.05, 0) is 20.0 Å². The molecule has 0 spiro atoms. The lowest BCUT2D eigenvalue weighted by Gasteiger charge is -2.13. The number of aromatic nitrogens is 2. The van der Waals surface area contributed by atoms with Crippen molar-refractivity contribution in [3.8, 4) is 5.75 Å².